The highest BCUT2D eigenvalue weighted by molar-refractivity contribution is 6.04. The molecule has 1 heteroatoms. The lowest BCUT2D eigenvalue weighted by Crippen LogP contribution is -1.79. The third-order valence-corrected chi connectivity index (χ3v) is 2.45. The van der Waals surface area contributed by atoms with Crippen molar-refractivity contribution in [2.75, 3.05) is 0 Å². The summed E-state index contributed by atoms with van der Waals surface area (Å²) in [7, 11) is 0. The molecule has 0 aliphatic heterocycles. The molecule has 0 aliphatic carbocycles. The van der Waals surface area contributed by atoms with Gasteiger partial charge in [0.15, 0.2) is 0 Å². The average Bonchev–Trinajstić information content (AvgIpc) is 2.29. The molecule has 66 valence electrons. The Morgan fingerprint density at radius 1 is 0.857 bits per heavy atom. The average molecular weight is 180 g/mol. The highest BCUT2D eigenvalue weighted by Gasteiger charge is 1.98. The van der Waals surface area contributed by atoms with Crippen LogP contribution in [0.5, 0.6) is 0 Å². The fraction of sp³-hybridized carbons (Fsp3) is 0. The quantitative estimate of drug-likeness (QED) is 0.483. The van der Waals surface area contributed by atoms with Gasteiger partial charge in [-0.2, -0.15) is 0 Å². The molecule has 3 aromatic rings. The summed E-state index contributed by atoms with van der Waals surface area (Å²) >= 11 is 0. The standard InChI is InChI=1S/C13H9N/c1-2-6-12-10(4-1)7-8-11-5-3-9-14-13(11)12/h1-9H/i9D. The van der Waals surface area contributed by atoms with Crippen LogP contribution in [0.4, 0.5) is 0 Å². The zero-order valence-electron chi connectivity index (χ0n) is 8.57. The Balaban J connectivity index is 2.57. The Labute approximate surface area is 83.4 Å². The van der Waals surface area contributed by atoms with Gasteiger partial charge < -0.3 is 0 Å². The molecule has 0 spiro atoms. The number of benzene rings is 2. The summed E-state index contributed by atoms with van der Waals surface area (Å²) in [6.45, 7) is 0. The van der Waals surface area contributed by atoms with Crippen molar-refractivity contribution in [3.8, 4) is 0 Å². The molecule has 1 nitrogen and oxygen atoms in total. The minimum atomic E-state index is 0.318. The third-order valence-electron chi connectivity index (χ3n) is 2.45. The van der Waals surface area contributed by atoms with Crippen molar-refractivity contribution in [2.24, 2.45) is 0 Å². The Morgan fingerprint density at radius 3 is 2.64 bits per heavy atom. The Morgan fingerprint density at radius 2 is 1.64 bits per heavy atom. The van der Waals surface area contributed by atoms with Gasteiger partial charge in [0.1, 0.15) is 0 Å². The zero-order chi connectivity index (χ0) is 10.3. The first-order valence-electron chi connectivity index (χ1n) is 5.10. The van der Waals surface area contributed by atoms with Gasteiger partial charge in [-0.3, -0.25) is 4.98 Å². The van der Waals surface area contributed by atoms with E-state index >= 15 is 0 Å². The van der Waals surface area contributed by atoms with Crippen LogP contribution in [-0.2, 0) is 0 Å². The summed E-state index contributed by atoms with van der Waals surface area (Å²) in [6, 6.07) is 15.9. The van der Waals surface area contributed by atoms with Crippen LogP contribution < -0.4 is 0 Å². The van der Waals surface area contributed by atoms with Crippen molar-refractivity contribution in [1.82, 2.24) is 4.98 Å². The first-order valence-corrected chi connectivity index (χ1v) is 4.60. The van der Waals surface area contributed by atoms with E-state index in [-0.39, 0.29) is 0 Å². The van der Waals surface area contributed by atoms with Crippen molar-refractivity contribution in [2.45, 2.75) is 0 Å². The van der Waals surface area contributed by atoms with Gasteiger partial charge in [0.25, 0.3) is 0 Å². The van der Waals surface area contributed by atoms with Gasteiger partial charge in [0.2, 0.25) is 0 Å². The number of pyridine rings is 1. The van der Waals surface area contributed by atoms with E-state index in [1.54, 1.807) is 6.07 Å². The van der Waals surface area contributed by atoms with Crippen LogP contribution in [0.2, 0.25) is 0 Å². The molecule has 0 bridgehead atoms. The maximum atomic E-state index is 7.54. The predicted molar refractivity (Wildman–Crippen MR) is 59.2 cm³/mol. The first-order chi connectivity index (χ1) is 7.34. The Hall–Kier alpha value is -1.89. The predicted octanol–water partition coefficient (Wildman–Crippen LogP) is 3.39. The van der Waals surface area contributed by atoms with Gasteiger partial charge in [0, 0.05) is 16.9 Å². The van der Waals surface area contributed by atoms with Gasteiger partial charge in [-0.05, 0) is 11.5 Å². The molecule has 0 fully saturated rings. The highest BCUT2D eigenvalue weighted by Crippen LogP contribution is 2.22. The van der Waals surface area contributed by atoms with E-state index in [1.165, 1.54) is 5.39 Å². The normalized spacial score (nSPS) is 11.9. The van der Waals surface area contributed by atoms with E-state index < -0.39 is 0 Å². The summed E-state index contributed by atoms with van der Waals surface area (Å²) in [4.78, 5) is 4.27. The molecule has 14 heavy (non-hydrogen) atoms. The van der Waals surface area contributed by atoms with Crippen LogP contribution >= 0.6 is 0 Å². The lowest BCUT2D eigenvalue weighted by Gasteiger charge is -2.01. The molecule has 0 aliphatic rings. The number of aromatic nitrogens is 1. The number of rotatable bonds is 0. The van der Waals surface area contributed by atoms with Crippen LogP contribution in [0.25, 0.3) is 21.7 Å². The molecule has 0 saturated heterocycles. The van der Waals surface area contributed by atoms with E-state index in [2.05, 4.69) is 17.1 Å². The van der Waals surface area contributed by atoms with E-state index in [9.17, 15) is 0 Å². The number of fused-ring (bicyclic) bond motifs is 3. The summed E-state index contributed by atoms with van der Waals surface area (Å²) in [5, 5.41) is 3.37. The molecular weight excluding hydrogens is 170 g/mol. The summed E-state index contributed by atoms with van der Waals surface area (Å²) in [6.07, 6.45) is 0.318. The molecule has 0 N–H and O–H groups in total. The van der Waals surface area contributed by atoms with Crippen LogP contribution in [0.3, 0.4) is 0 Å². The molecule has 0 amide bonds. The maximum Gasteiger partial charge on any atom is 0.0840 e. The molecule has 3 rings (SSSR count). The zero-order valence-corrected chi connectivity index (χ0v) is 7.57. The van der Waals surface area contributed by atoms with Gasteiger partial charge >= 0.3 is 0 Å². The van der Waals surface area contributed by atoms with Gasteiger partial charge in [-0.25, -0.2) is 0 Å². The van der Waals surface area contributed by atoms with E-state index in [0.717, 1.165) is 16.3 Å². The van der Waals surface area contributed by atoms with Crippen LogP contribution in [0.1, 0.15) is 1.37 Å². The molecule has 0 unspecified atom stereocenters. The van der Waals surface area contributed by atoms with Gasteiger partial charge in [0.05, 0.1) is 6.89 Å². The summed E-state index contributed by atoms with van der Waals surface area (Å²) in [5.74, 6) is 0. The largest absolute Gasteiger partial charge is 0.256 e. The number of nitrogens with zero attached hydrogens (tertiary/aromatic N) is 1. The van der Waals surface area contributed by atoms with E-state index in [0.29, 0.717) is 6.17 Å². The lowest BCUT2D eigenvalue weighted by atomic mass is 10.1. The minimum absolute atomic E-state index is 0.318. The first kappa shape index (κ1) is 6.55. The molecule has 0 atom stereocenters. The van der Waals surface area contributed by atoms with Crippen LogP contribution in [0, 0.1) is 0 Å². The monoisotopic (exact) mass is 180 g/mol. The third kappa shape index (κ3) is 0.990. The molecule has 0 saturated carbocycles. The van der Waals surface area contributed by atoms with Gasteiger partial charge in [-0.15, -0.1) is 0 Å². The smallest absolute Gasteiger partial charge is 0.0840 e. The Bertz CT molecular complexity index is 646. The molecule has 0 radical (unpaired) electrons. The number of hydrogen-bond donors (Lipinski definition) is 0. The summed E-state index contributed by atoms with van der Waals surface area (Å²) in [5.41, 5.74) is 0.917. The van der Waals surface area contributed by atoms with Crippen molar-refractivity contribution in [3.63, 3.8) is 0 Å². The maximum absolute atomic E-state index is 7.54. The van der Waals surface area contributed by atoms with Crippen molar-refractivity contribution in [1.29, 1.82) is 0 Å². The fourth-order valence-corrected chi connectivity index (χ4v) is 1.76. The minimum Gasteiger partial charge on any atom is -0.256 e. The van der Waals surface area contributed by atoms with Crippen LogP contribution in [0.15, 0.2) is 54.7 Å². The SMILES string of the molecule is [2H]c1ccc2ccc3ccccc3c2n1. The van der Waals surface area contributed by atoms with Gasteiger partial charge in [-0.1, -0.05) is 42.5 Å². The van der Waals surface area contributed by atoms with E-state index in [4.69, 9.17) is 1.37 Å². The molecule has 2 aromatic carbocycles. The second-order valence-corrected chi connectivity index (χ2v) is 3.30. The molecule has 1 heterocycles. The summed E-state index contributed by atoms with van der Waals surface area (Å²) < 4.78 is 7.54. The van der Waals surface area contributed by atoms with Crippen molar-refractivity contribution >= 4 is 21.7 Å². The Kier molecular flexibility index (Phi) is 1.31. The fourth-order valence-electron chi connectivity index (χ4n) is 1.76. The highest BCUT2D eigenvalue weighted by atomic mass is 14.6. The molecular formula is C13H9N. The second-order valence-electron chi connectivity index (χ2n) is 3.30. The lowest BCUT2D eigenvalue weighted by molar-refractivity contribution is 1.43. The molecule has 1 aromatic heterocycles. The van der Waals surface area contributed by atoms with Crippen LogP contribution in [-0.4, -0.2) is 4.98 Å². The topological polar surface area (TPSA) is 12.9 Å². The van der Waals surface area contributed by atoms with E-state index in [1.807, 2.05) is 30.3 Å². The number of hydrogen-bond acceptors (Lipinski definition) is 1. The van der Waals surface area contributed by atoms with Crippen molar-refractivity contribution < 1.29 is 1.37 Å². The second kappa shape index (κ2) is 2.81. The van der Waals surface area contributed by atoms with Crippen molar-refractivity contribution in [3.05, 3.63) is 54.7 Å².